The molecule has 10 nitrogen and oxygen atoms in total. The molecule has 0 bridgehead atoms. The van der Waals surface area contributed by atoms with Crippen molar-refractivity contribution >= 4 is 46.9 Å². The maximum atomic E-state index is 13.8. The molecule has 7 rings (SSSR count). The fraction of sp³-hybridized carbons (Fsp3) is 0.394. The first-order chi connectivity index (χ1) is 22.8. The quantitative estimate of drug-likeness (QED) is 0.209. The Hall–Kier alpha value is -4.66. The van der Waals surface area contributed by atoms with Crippen LogP contribution in [0.5, 0.6) is 0 Å². The summed E-state index contributed by atoms with van der Waals surface area (Å²) >= 11 is 0. The monoisotopic (exact) mass is 668 g/mol. The zero-order chi connectivity index (χ0) is 34.6. The van der Waals surface area contributed by atoms with Gasteiger partial charge in [0.05, 0.1) is 17.7 Å². The van der Waals surface area contributed by atoms with Crippen LogP contribution >= 0.6 is 0 Å². The summed E-state index contributed by atoms with van der Waals surface area (Å²) in [5, 5.41) is 9.90. The van der Waals surface area contributed by atoms with Gasteiger partial charge in [-0.2, -0.15) is 0 Å². The molecule has 3 heterocycles. The first-order valence-corrected chi connectivity index (χ1v) is 15.6. The Bertz CT molecular complexity index is 2080. The Morgan fingerprint density at radius 3 is 1.96 bits per heavy atom. The van der Waals surface area contributed by atoms with Crippen molar-refractivity contribution in [2.75, 3.05) is 24.7 Å². The van der Waals surface area contributed by atoms with E-state index in [0.29, 0.717) is 24.0 Å². The number of aromatic carboxylic acids is 1. The van der Waals surface area contributed by atoms with Gasteiger partial charge >= 0.3 is 19.4 Å². The zero-order valence-electron chi connectivity index (χ0n) is 26.2. The van der Waals surface area contributed by atoms with Crippen LogP contribution in [0, 0.1) is 25.6 Å². The van der Waals surface area contributed by atoms with Crippen LogP contribution in [-0.2, 0) is 4.65 Å². The van der Waals surface area contributed by atoms with Gasteiger partial charge in [0.1, 0.15) is 16.9 Å². The minimum Gasteiger partial charge on any atom is -0.477 e. The number of alkyl halides is 1. The van der Waals surface area contributed by atoms with Crippen LogP contribution < -0.4 is 21.5 Å². The molecule has 0 radical (unpaired) electrons. The van der Waals surface area contributed by atoms with Gasteiger partial charge in [-0.05, 0) is 69.4 Å². The summed E-state index contributed by atoms with van der Waals surface area (Å²) in [5.41, 5.74) is 7.48. The van der Waals surface area contributed by atoms with Crippen molar-refractivity contribution in [3.05, 3.63) is 85.2 Å². The van der Waals surface area contributed by atoms with E-state index in [2.05, 4.69) is 9.55 Å². The number of carbonyl (C=O) groups excluding carboxylic acids is 1. The first kappa shape index (κ1) is 33.3. The van der Waals surface area contributed by atoms with Crippen molar-refractivity contribution in [1.82, 2.24) is 9.13 Å². The average molecular weight is 668 g/mol. The zero-order valence-corrected chi connectivity index (χ0v) is 26.2. The predicted octanol–water partition coefficient (Wildman–Crippen LogP) is 4.94. The number of halogens is 4. The highest BCUT2D eigenvalue weighted by Crippen LogP contribution is 2.40. The van der Waals surface area contributed by atoms with E-state index in [-0.39, 0.29) is 40.6 Å². The number of carbonyl (C=O) groups is 2. The number of aromatic nitrogens is 2. The fourth-order valence-electron chi connectivity index (χ4n) is 6.53. The molecule has 2 atom stereocenters. The molecule has 4 aromatic rings. The van der Waals surface area contributed by atoms with E-state index in [1.807, 2.05) is 17.6 Å². The van der Waals surface area contributed by atoms with Crippen molar-refractivity contribution in [2.45, 2.75) is 57.7 Å². The number of pyridine rings is 2. The lowest BCUT2D eigenvalue weighted by atomic mass is 10.0. The number of carboxylic acid groups (broad SMARTS) is 1. The fourth-order valence-corrected chi connectivity index (χ4v) is 6.53. The normalized spacial score (nSPS) is 18.9. The van der Waals surface area contributed by atoms with Crippen molar-refractivity contribution < 1.29 is 36.8 Å². The molecule has 2 saturated carbocycles. The van der Waals surface area contributed by atoms with E-state index in [1.165, 1.54) is 25.4 Å². The van der Waals surface area contributed by atoms with Gasteiger partial charge in [0.15, 0.2) is 0 Å². The molecule has 2 aliphatic carbocycles. The number of aryl methyl sites for hydroxylation is 2. The number of hydrogen-bond acceptors (Lipinski definition) is 7. The number of fused-ring (bicyclic) bond motifs is 2. The molecule has 48 heavy (non-hydrogen) atoms. The van der Waals surface area contributed by atoms with Gasteiger partial charge in [-0.1, -0.05) is 0 Å². The highest BCUT2D eigenvalue weighted by atomic mass is 19.2. The molecular formula is C33H33BF4N4O6. The molecule has 3 fully saturated rings. The number of anilines is 1. The van der Waals surface area contributed by atoms with Crippen molar-refractivity contribution in [3.63, 3.8) is 0 Å². The van der Waals surface area contributed by atoms with Crippen molar-refractivity contribution in [1.29, 1.82) is 0 Å². The number of nitrogens with zero attached hydrogens (tertiary/aromatic N) is 3. The topological polar surface area (TPSA) is 137 Å². The predicted molar refractivity (Wildman–Crippen MR) is 172 cm³/mol. The third-order valence-corrected chi connectivity index (χ3v) is 9.36. The van der Waals surface area contributed by atoms with E-state index >= 15 is 0 Å². The van der Waals surface area contributed by atoms with Crippen LogP contribution in [0.2, 0.25) is 0 Å². The second-order valence-corrected chi connectivity index (χ2v) is 12.6. The molecule has 0 unspecified atom stereocenters. The van der Waals surface area contributed by atoms with Crippen LogP contribution in [-0.4, -0.2) is 59.5 Å². The number of rotatable bonds is 7. The Labute approximate surface area is 271 Å². The summed E-state index contributed by atoms with van der Waals surface area (Å²) in [6.07, 6.45) is 6.24. The van der Waals surface area contributed by atoms with E-state index in [9.17, 15) is 41.7 Å². The van der Waals surface area contributed by atoms with E-state index in [1.54, 1.807) is 10.6 Å². The third-order valence-electron chi connectivity index (χ3n) is 9.36. The molecule has 2 aromatic carbocycles. The highest BCUT2D eigenvalue weighted by Gasteiger charge is 2.33. The smallest absolute Gasteiger partial charge is 0.477 e. The van der Waals surface area contributed by atoms with Crippen LogP contribution in [0.25, 0.3) is 21.8 Å². The number of carboxylic acids is 1. The Morgan fingerprint density at radius 2 is 1.44 bits per heavy atom. The maximum Gasteiger partial charge on any atom is 0.798 e. The molecule has 1 saturated heterocycles. The van der Waals surface area contributed by atoms with E-state index in [4.69, 9.17) is 5.73 Å². The Morgan fingerprint density at radius 1 is 0.896 bits per heavy atom. The largest absolute Gasteiger partial charge is 0.798 e. The highest BCUT2D eigenvalue weighted by molar-refractivity contribution is 6.38. The van der Waals surface area contributed by atoms with Crippen molar-refractivity contribution in [2.24, 2.45) is 11.7 Å². The molecule has 252 valence electrons. The number of hydrogen-bond donors (Lipinski definition) is 2. The van der Waals surface area contributed by atoms with Gasteiger partial charge in [0.2, 0.25) is 10.9 Å². The second kappa shape index (κ2) is 12.8. The second-order valence-electron chi connectivity index (χ2n) is 12.6. The van der Waals surface area contributed by atoms with Crippen LogP contribution in [0.3, 0.4) is 0 Å². The molecule has 0 spiro atoms. The maximum absolute atomic E-state index is 13.8. The van der Waals surface area contributed by atoms with E-state index < -0.39 is 48.3 Å². The lowest BCUT2D eigenvalue weighted by molar-refractivity contribution is 0.0682. The Kier molecular flexibility index (Phi) is 8.83. The molecule has 0 amide bonds. The summed E-state index contributed by atoms with van der Waals surface area (Å²) in [6, 6.07) is 5.95. The van der Waals surface area contributed by atoms with Gasteiger partial charge < -0.3 is 29.5 Å². The minimum atomic E-state index is -3.30. The van der Waals surface area contributed by atoms with Crippen LogP contribution in [0.4, 0.5) is 23.1 Å². The van der Waals surface area contributed by atoms with Crippen molar-refractivity contribution in [3.8, 4) is 0 Å². The lowest BCUT2D eigenvalue weighted by Gasteiger charge is -2.23. The first-order valence-electron chi connectivity index (χ1n) is 15.6. The molecular weight excluding hydrogens is 635 g/mol. The van der Waals surface area contributed by atoms with Gasteiger partial charge in [0.25, 0.3) is 0 Å². The van der Waals surface area contributed by atoms with Crippen LogP contribution in [0.15, 0.2) is 46.2 Å². The molecule has 15 heteroatoms. The summed E-state index contributed by atoms with van der Waals surface area (Å²) in [4.78, 5) is 50.2. The minimum absolute atomic E-state index is 0.0294. The lowest BCUT2D eigenvalue weighted by Crippen LogP contribution is -2.30. The Balaban J connectivity index is 0.000000170. The molecule has 1 aliphatic heterocycles. The van der Waals surface area contributed by atoms with Gasteiger partial charge in [0, 0.05) is 71.5 Å². The standard InChI is InChI=1S/C19H22FN3O3.C14H11BF3NO3/c1-10-16(22-7-11(6-20)15(21)9-22)5-4-13-17(10)23(12-2-3-12)8-14(18(13)24)19(25)26;1-7-11(16)5-4-9-12(7)19(8-2-3-8)6-10(13(9)20)14(21)22-15(17)18/h4-5,8,11-12,15H,2-3,6-7,9,21H2,1H3,(H,25,26);4-6,8H,2-3H2,1H3/t11-,15+;/m0./s1. The molecule has 3 aliphatic rings. The molecule has 3 N–H and O–H groups in total. The number of benzene rings is 2. The summed E-state index contributed by atoms with van der Waals surface area (Å²) < 4.78 is 58.7. The summed E-state index contributed by atoms with van der Waals surface area (Å²) in [7, 11) is -3.30. The van der Waals surface area contributed by atoms with E-state index in [0.717, 1.165) is 48.5 Å². The summed E-state index contributed by atoms with van der Waals surface area (Å²) in [6.45, 7) is 4.14. The van der Waals surface area contributed by atoms with Gasteiger partial charge in [-0.3, -0.25) is 14.0 Å². The SMILES string of the molecule is Cc1c(F)ccc2c(=O)c(C(=O)OB(F)F)cn(C3CC3)c12.Cc1c(N2C[C@H](CF)[C@H](N)C2)ccc2c(=O)c(C(=O)O)cn(C3CC3)c12. The number of nitrogens with two attached hydrogens (primary N) is 1. The summed E-state index contributed by atoms with van der Waals surface area (Å²) in [5.74, 6) is -3.24. The third kappa shape index (κ3) is 6.06. The van der Waals surface area contributed by atoms with Crippen LogP contribution in [0.1, 0.15) is 69.6 Å². The van der Waals surface area contributed by atoms with Gasteiger partial charge in [-0.25, -0.2) is 22.6 Å². The average Bonchev–Trinajstić information content (AvgIpc) is 3.97. The van der Waals surface area contributed by atoms with Gasteiger partial charge in [-0.15, -0.1) is 0 Å². The molecule has 2 aromatic heterocycles.